The van der Waals surface area contributed by atoms with E-state index in [1.54, 1.807) is 0 Å². The van der Waals surface area contributed by atoms with Gasteiger partial charge in [0.1, 0.15) is 17.2 Å². The number of halogens is 3. The highest BCUT2D eigenvalue weighted by Crippen LogP contribution is 2.38. The van der Waals surface area contributed by atoms with Gasteiger partial charge in [0.25, 0.3) is 5.91 Å². The largest absolute Gasteiger partial charge is 0.495 e. The first-order valence-electron chi connectivity index (χ1n) is 10.0. The molecule has 0 spiro atoms. The van der Waals surface area contributed by atoms with Crippen LogP contribution in [0.15, 0.2) is 41.3 Å². The van der Waals surface area contributed by atoms with E-state index in [2.05, 4.69) is 5.32 Å². The molecular weight excluding hydrogens is 463 g/mol. The molecule has 1 saturated heterocycles. The third-order valence-corrected chi connectivity index (χ3v) is 7.45. The molecule has 33 heavy (non-hydrogen) atoms. The number of carbonyl (C=O) groups excluding carboxylic acids is 2. The van der Waals surface area contributed by atoms with Crippen LogP contribution in [0.1, 0.15) is 28.8 Å². The number of amides is 2. The molecule has 4 rings (SSSR count). The zero-order valence-electron chi connectivity index (χ0n) is 17.5. The number of sulfonamides is 1. The lowest BCUT2D eigenvalue weighted by Gasteiger charge is -2.30. The van der Waals surface area contributed by atoms with Gasteiger partial charge in [0, 0.05) is 18.7 Å². The van der Waals surface area contributed by atoms with Gasteiger partial charge in [-0.25, -0.2) is 8.42 Å². The second kappa shape index (κ2) is 8.34. The molecule has 0 atom stereocenters. The highest BCUT2D eigenvalue weighted by atomic mass is 32.2. The molecule has 8 nitrogen and oxygen atoms in total. The monoisotopic (exact) mass is 483 g/mol. The predicted molar refractivity (Wildman–Crippen MR) is 113 cm³/mol. The van der Waals surface area contributed by atoms with E-state index in [9.17, 15) is 31.2 Å². The number of hydrogen-bond donors (Lipinski definition) is 1. The number of benzene rings is 2. The average Bonchev–Trinajstić information content (AvgIpc) is 3.32. The summed E-state index contributed by atoms with van der Waals surface area (Å²) in [4.78, 5) is 26.2. The Balaban J connectivity index is 1.74. The maximum Gasteiger partial charge on any atom is 0.416 e. The van der Waals surface area contributed by atoms with Crippen molar-refractivity contribution in [3.8, 4) is 5.75 Å². The van der Waals surface area contributed by atoms with Crippen LogP contribution < -0.4 is 15.0 Å². The average molecular weight is 483 g/mol. The molecule has 2 aliphatic heterocycles. The Labute approximate surface area is 188 Å². The number of carbonyl (C=O) groups is 2. The summed E-state index contributed by atoms with van der Waals surface area (Å²) in [7, 11) is -2.62. The van der Waals surface area contributed by atoms with Crippen molar-refractivity contribution in [3.05, 3.63) is 47.5 Å². The summed E-state index contributed by atoms with van der Waals surface area (Å²) in [6.45, 7) is 0.271. The van der Waals surface area contributed by atoms with Crippen molar-refractivity contribution in [3.63, 3.8) is 0 Å². The highest BCUT2D eigenvalue weighted by Gasteiger charge is 2.35. The van der Waals surface area contributed by atoms with E-state index in [-0.39, 0.29) is 27.6 Å². The zero-order chi connectivity index (χ0) is 24.0. The normalized spacial score (nSPS) is 17.0. The molecule has 2 aromatic rings. The molecule has 1 N–H and O–H groups in total. The van der Waals surface area contributed by atoms with Gasteiger partial charge in [-0.05, 0) is 49.2 Å². The van der Waals surface area contributed by atoms with Crippen molar-refractivity contribution in [1.82, 2.24) is 4.31 Å². The van der Waals surface area contributed by atoms with Gasteiger partial charge in [-0.15, -0.1) is 0 Å². The van der Waals surface area contributed by atoms with Crippen molar-refractivity contribution >= 4 is 33.2 Å². The summed E-state index contributed by atoms with van der Waals surface area (Å²) >= 11 is 0. The SMILES string of the molecule is COc1ccc(C(=O)N2CC(=O)Nc3cc(C(F)(F)F)ccc32)cc1S(=O)(=O)N1CCCC1. The minimum atomic E-state index is -4.62. The first-order chi connectivity index (χ1) is 15.5. The van der Waals surface area contributed by atoms with Crippen LogP contribution in [0, 0.1) is 0 Å². The van der Waals surface area contributed by atoms with Gasteiger partial charge in [0.2, 0.25) is 15.9 Å². The zero-order valence-corrected chi connectivity index (χ0v) is 18.3. The minimum Gasteiger partial charge on any atom is -0.495 e. The Morgan fingerprint density at radius 1 is 1.09 bits per heavy atom. The van der Waals surface area contributed by atoms with E-state index in [1.807, 2.05) is 0 Å². The number of fused-ring (bicyclic) bond motifs is 1. The lowest BCUT2D eigenvalue weighted by molar-refractivity contribution is -0.137. The van der Waals surface area contributed by atoms with Gasteiger partial charge in [-0.3, -0.25) is 14.5 Å². The number of methoxy groups -OCH3 is 1. The van der Waals surface area contributed by atoms with Gasteiger partial charge in [-0.2, -0.15) is 17.5 Å². The molecule has 0 radical (unpaired) electrons. The fraction of sp³-hybridized carbons (Fsp3) is 0.333. The second-order valence-electron chi connectivity index (χ2n) is 7.65. The van der Waals surface area contributed by atoms with Crippen molar-refractivity contribution in [1.29, 1.82) is 0 Å². The number of alkyl halides is 3. The van der Waals surface area contributed by atoms with E-state index < -0.39 is 40.1 Å². The van der Waals surface area contributed by atoms with Crippen LogP contribution in [0.4, 0.5) is 24.5 Å². The molecule has 2 aliphatic rings. The lowest BCUT2D eigenvalue weighted by Crippen LogP contribution is -2.42. The van der Waals surface area contributed by atoms with E-state index in [4.69, 9.17) is 4.74 Å². The van der Waals surface area contributed by atoms with Gasteiger partial charge >= 0.3 is 6.18 Å². The Kier molecular flexibility index (Phi) is 5.83. The van der Waals surface area contributed by atoms with E-state index in [0.29, 0.717) is 13.1 Å². The maximum atomic E-state index is 13.3. The van der Waals surface area contributed by atoms with E-state index in [0.717, 1.165) is 35.9 Å². The maximum absolute atomic E-state index is 13.3. The van der Waals surface area contributed by atoms with Gasteiger partial charge in [-0.1, -0.05) is 0 Å². The molecule has 0 unspecified atom stereocenters. The van der Waals surface area contributed by atoms with Gasteiger partial charge in [0.15, 0.2) is 0 Å². The molecule has 2 amide bonds. The first kappa shape index (κ1) is 23.1. The standard InChI is InChI=1S/C21H20F3N3O5S/c1-32-17-7-4-13(10-18(17)33(30,31)26-8-2-3-9-26)20(29)27-12-19(28)25-15-11-14(21(22,23)24)5-6-16(15)27/h4-7,10-11H,2-3,8-9,12H2,1H3,(H,25,28). The first-order valence-corrected chi connectivity index (χ1v) is 11.5. The van der Waals surface area contributed by atoms with Crippen LogP contribution in [0.2, 0.25) is 0 Å². The molecular formula is C21H20F3N3O5S. The molecule has 0 aliphatic carbocycles. The van der Waals surface area contributed by atoms with Gasteiger partial charge < -0.3 is 10.1 Å². The fourth-order valence-corrected chi connectivity index (χ4v) is 5.58. The topological polar surface area (TPSA) is 96.0 Å². The molecule has 12 heteroatoms. The van der Waals surface area contributed by atoms with Crippen molar-refractivity contribution in [2.45, 2.75) is 23.9 Å². The minimum absolute atomic E-state index is 0.0471. The van der Waals surface area contributed by atoms with Crippen molar-refractivity contribution < 1.29 is 35.9 Å². The summed E-state index contributed by atoms with van der Waals surface area (Å²) in [6, 6.07) is 6.53. The Bertz CT molecular complexity index is 1220. The number of nitrogens with zero attached hydrogens (tertiary/aromatic N) is 2. The number of hydrogen-bond acceptors (Lipinski definition) is 5. The Morgan fingerprint density at radius 2 is 1.79 bits per heavy atom. The summed E-state index contributed by atoms with van der Waals surface area (Å²) < 4.78 is 71.9. The Morgan fingerprint density at radius 3 is 2.42 bits per heavy atom. The van der Waals surface area contributed by atoms with E-state index >= 15 is 0 Å². The summed E-state index contributed by atoms with van der Waals surface area (Å²) in [5.74, 6) is -1.34. The summed E-state index contributed by atoms with van der Waals surface area (Å²) in [5, 5.41) is 2.34. The number of ether oxygens (including phenoxy) is 1. The molecule has 1 fully saturated rings. The van der Waals surface area contributed by atoms with E-state index in [1.165, 1.54) is 29.6 Å². The molecule has 2 heterocycles. The van der Waals surface area contributed by atoms with Gasteiger partial charge in [0.05, 0.1) is 24.0 Å². The van der Waals surface area contributed by atoms with Crippen LogP contribution in [0.25, 0.3) is 0 Å². The predicted octanol–water partition coefficient (Wildman–Crippen LogP) is 3.10. The van der Waals surface area contributed by atoms with Crippen molar-refractivity contribution in [2.24, 2.45) is 0 Å². The number of anilines is 2. The van der Waals surface area contributed by atoms with Crippen LogP contribution in [0.3, 0.4) is 0 Å². The fourth-order valence-electron chi connectivity index (χ4n) is 3.88. The van der Waals surface area contributed by atoms with Crippen LogP contribution in [-0.2, 0) is 21.0 Å². The number of rotatable bonds is 4. The van der Waals surface area contributed by atoms with Crippen LogP contribution in [0.5, 0.6) is 5.75 Å². The smallest absolute Gasteiger partial charge is 0.416 e. The van der Waals surface area contributed by atoms with Crippen LogP contribution in [-0.4, -0.2) is 51.3 Å². The molecule has 0 bridgehead atoms. The quantitative estimate of drug-likeness (QED) is 0.721. The summed E-state index contributed by atoms with van der Waals surface area (Å²) in [5.41, 5.74) is -1.10. The lowest BCUT2D eigenvalue weighted by atomic mass is 10.1. The molecule has 0 saturated carbocycles. The van der Waals surface area contributed by atoms with Crippen LogP contribution >= 0.6 is 0 Å². The van der Waals surface area contributed by atoms with Crippen molar-refractivity contribution in [2.75, 3.05) is 37.0 Å². The molecule has 2 aromatic carbocycles. The number of nitrogens with one attached hydrogen (secondary N) is 1. The summed E-state index contributed by atoms with van der Waals surface area (Å²) in [6.07, 6.45) is -3.18. The third-order valence-electron chi connectivity index (χ3n) is 5.53. The Hall–Kier alpha value is -3.12. The molecule has 0 aromatic heterocycles. The highest BCUT2D eigenvalue weighted by molar-refractivity contribution is 7.89. The second-order valence-corrected chi connectivity index (χ2v) is 9.55. The molecule has 176 valence electrons. The third kappa shape index (κ3) is 4.27.